The minimum absolute atomic E-state index is 0.274. The molecule has 0 saturated heterocycles. The molecule has 0 aromatic carbocycles. The first kappa shape index (κ1) is 63.9. The molecule has 0 aliphatic rings. The average molecular weight is 1190 g/mol. The predicted molar refractivity (Wildman–Crippen MR) is 285 cm³/mol. The van der Waals surface area contributed by atoms with Crippen molar-refractivity contribution in [2.24, 2.45) is 5.73 Å². The number of aromatic nitrogens is 12. The van der Waals surface area contributed by atoms with Gasteiger partial charge in [0.2, 0.25) is 53.2 Å². The second-order valence-corrected chi connectivity index (χ2v) is 18.9. The Hall–Kier alpha value is -10.2. The Morgan fingerprint density at radius 3 is 0.682 bits per heavy atom. The highest BCUT2D eigenvalue weighted by atomic mass is 16.4. The van der Waals surface area contributed by atoms with Gasteiger partial charge in [-0.05, 0) is 0 Å². The van der Waals surface area contributed by atoms with Gasteiger partial charge in [-0.1, -0.05) is 0 Å². The quantitative estimate of drug-likeness (QED) is 0.0176. The van der Waals surface area contributed by atoms with E-state index in [1.807, 2.05) is 5.32 Å². The van der Waals surface area contributed by atoms with Crippen molar-refractivity contribution < 1.29 is 73.5 Å². The van der Waals surface area contributed by atoms with Crippen molar-refractivity contribution in [3.05, 3.63) is 109 Å². The largest absolute Gasteiger partial charge is 0.480 e. The lowest BCUT2D eigenvalue weighted by Gasteiger charge is -2.28. The van der Waals surface area contributed by atoms with Crippen molar-refractivity contribution in [1.82, 2.24) is 108 Å². The molecule has 0 bridgehead atoms. The fourth-order valence-corrected chi connectivity index (χ4v) is 8.07. The fraction of sp³-hybridized carbons (Fsp3) is 0.417. The number of nitrogens with two attached hydrogens (primary N) is 1. The van der Waals surface area contributed by atoms with Crippen LogP contribution in [0.1, 0.15) is 34.2 Å². The number of aliphatic carboxylic acids is 1. The topological polar surface area (TPSA) is 578 Å². The zero-order valence-electron chi connectivity index (χ0n) is 44.9. The predicted octanol–water partition coefficient (Wildman–Crippen LogP) is -9.47. The van der Waals surface area contributed by atoms with Gasteiger partial charge >= 0.3 is 5.97 Å². The summed E-state index contributed by atoms with van der Waals surface area (Å²) in [6.45, 7) is -3.81. The third kappa shape index (κ3) is 19.4. The van der Waals surface area contributed by atoms with Gasteiger partial charge in [0.05, 0.1) is 64.4 Å². The summed E-state index contributed by atoms with van der Waals surface area (Å²) in [6, 6.07) is -16.1. The Morgan fingerprint density at radius 1 is 0.318 bits per heavy atom. The maximum atomic E-state index is 14.7. The third-order valence-corrected chi connectivity index (χ3v) is 12.6. The lowest BCUT2D eigenvalue weighted by molar-refractivity contribution is -0.143. The van der Waals surface area contributed by atoms with Crippen molar-refractivity contribution in [3.63, 3.8) is 0 Å². The summed E-state index contributed by atoms with van der Waals surface area (Å²) in [4.78, 5) is 178. The van der Waals surface area contributed by atoms with Gasteiger partial charge in [0.15, 0.2) is 0 Å². The second-order valence-electron chi connectivity index (χ2n) is 18.9. The summed E-state index contributed by atoms with van der Waals surface area (Å²) in [6.07, 6.45) is 14.0. The van der Waals surface area contributed by atoms with E-state index < -0.39 is 146 Å². The number of nitrogens with one attached hydrogen (secondary N) is 15. The molecular formula is C48H64N22O15. The van der Waals surface area contributed by atoms with E-state index in [1.54, 1.807) is 0 Å². The number of carboxylic acids is 1. The van der Waals surface area contributed by atoms with Gasteiger partial charge in [-0.3, -0.25) is 43.2 Å². The summed E-state index contributed by atoms with van der Waals surface area (Å²) in [5.74, 6) is -10.8. The molecule has 0 aliphatic heterocycles. The molecule has 0 radical (unpaired) electrons. The molecular weight excluding hydrogens is 1120 g/mol. The van der Waals surface area contributed by atoms with Crippen LogP contribution >= 0.6 is 0 Å². The first-order valence-corrected chi connectivity index (χ1v) is 25.9. The summed E-state index contributed by atoms with van der Waals surface area (Å²) in [5.41, 5.74) is 7.42. The molecule has 0 fully saturated rings. The van der Waals surface area contributed by atoms with Gasteiger partial charge in [0, 0.05) is 110 Å². The minimum Gasteiger partial charge on any atom is -0.480 e. The summed E-state index contributed by atoms with van der Waals surface area (Å²) in [5, 5.41) is 70.0. The molecule has 6 aromatic heterocycles. The van der Waals surface area contributed by atoms with Crippen LogP contribution in [0.2, 0.25) is 0 Å². The Balaban J connectivity index is 1.25. The molecule has 6 rings (SSSR count). The van der Waals surface area contributed by atoms with E-state index in [-0.39, 0.29) is 38.5 Å². The summed E-state index contributed by atoms with van der Waals surface area (Å²) < 4.78 is 0. The van der Waals surface area contributed by atoms with E-state index in [4.69, 9.17) is 5.73 Å². The maximum absolute atomic E-state index is 14.7. The molecule has 10 atom stereocenters. The molecule has 6 heterocycles. The number of hydrogen-bond donors (Lipinski definition) is 21. The van der Waals surface area contributed by atoms with Gasteiger partial charge in [0.1, 0.15) is 60.4 Å². The van der Waals surface area contributed by atoms with Gasteiger partial charge in [0.25, 0.3) is 0 Å². The number of carbonyl (C=O) groups is 10. The van der Waals surface area contributed by atoms with Crippen LogP contribution in [0, 0.1) is 0 Å². The van der Waals surface area contributed by atoms with Gasteiger partial charge in [-0.25, -0.2) is 34.7 Å². The smallest absolute Gasteiger partial charge is 0.328 e. The number of aromatic amines is 6. The van der Waals surface area contributed by atoms with E-state index in [0.717, 1.165) is 0 Å². The number of carbonyl (C=O) groups excluding carboxylic acids is 9. The molecule has 85 heavy (non-hydrogen) atoms. The van der Waals surface area contributed by atoms with Crippen LogP contribution in [-0.4, -0.2) is 231 Å². The van der Waals surface area contributed by atoms with Crippen LogP contribution in [0.15, 0.2) is 75.1 Å². The zero-order chi connectivity index (χ0) is 61.4. The Kier molecular flexibility index (Phi) is 23.9. The van der Waals surface area contributed by atoms with E-state index >= 15 is 0 Å². The van der Waals surface area contributed by atoms with Crippen molar-refractivity contribution in [1.29, 1.82) is 0 Å². The number of aliphatic hydroxyl groups is 4. The molecule has 0 unspecified atom stereocenters. The van der Waals surface area contributed by atoms with Crippen molar-refractivity contribution in [3.8, 4) is 0 Å². The molecule has 37 heteroatoms. The third-order valence-electron chi connectivity index (χ3n) is 12.6. The number of aliphatic hydroxyl groups excluding tert-OH is 4. The standard InChI is InChI=1S/C48H64N22O15/c49-29(13-71)39(75)68-36(14-72)46(82)67-34(5-27-11-54-21-60-27)44(80)65-32(3-25-9-52-19-58-25)42(78)63-30(1-23-7-50-17-56-23)40(76)62-31(2-24-8-51-18-57-24)41(77)64-33(4-26-10-53-20-59-26)43(79)66-35(6-28-12-55-22-61-28)45(81)69-37(15-73)47(83)70-38(16-74)48(84)85/h7-12,17-22,29-38,71-74H,1-6,13-16,49H2,(H,50,56)(H,51,57)(H,52,58)(H,53,59)(H,54,60)(H,55,61)(H,62,76)(H,63,78)(H,64,77)(H,65,80)(H,66,79)(H,67,82)(H,68,75)(H,69,81)(H,70,83)(H,84,85)/t29-,30-,31-,32-,33-,34-,35-,36-,37-,38-/m0/s1. The van der Waals surface area contributed by atoms with Gasteiger partial charge < -0.3 is 109 Å². The molecule has 0 saturated carbocycles. The number of rotatable bonds is 35. The van der Waals surface area contributed by atoms with E-state index in [0.29, 0.717) is 34.2 Å². The molecule has 6 aromatic rings. The molecule has 9 amide bonds. The molecule has 0 spiro atoms. The number of nitrogens with zero attached hydrogens (tertiary/aromatic N) is 6. The number of imidazole rings is 6. The zero-order valence-corrected chi connectivity index (χ0v) is 44.9. The van der Waals surface area contributed by atoms with Gasteiger partial charge in [-0.15, -0.1) is 0 Å². The highest BCUT2D eigenvalue weighted by Gasteiger charge is 2.37. The Labute approximate surface area is 479 Å². The lowest BCUT2D eigenvalue weighted by atomic mass is 10.0. The molecule has 37 nitrogen and oxygen atoms in total. The van der Waals surface area contributed by atoms with E-state index in [9.17, 15) is 73.5 Å². The van der Waals surface area contributed by atoms with Crippen LogP contribution in [-0.2, 0) is 86.5 Å². The minimum atomic E-state index is -1.79. The highest BCUT2D eigenvalue weighted by Crippen LogP contribution is 2.10. The number of carboxylic acid groups (broad SMARTS) is 1. The van der Waals surface area contributed by atoms with Crippen LogP contribution in [0.3, 0.4) is 0 Å². The molecule has 22 N–H and O–H groups in total. The van der Waals surface area contributed by atoms with Crippen LogP contribution in [0.4, 0.5) is 0 Å². The summed E-state index contributed by atoms with van der Waals surface area (Å²) in [7, 11) is 0. The normalized spacial score (nSPS) is 14.7. The monoisotopic (exact) mass is 1190 g/mol. The highest BCUT2D eigenvalue weighted by molar-refractivity contribution is 5.99. The fourth-order valence-electron chi connectivity index (χ4n) is 8.07. The lowest BCUT2D eigenvalue weighted by Crippen LogP contribution is -2.62. The second kappa shape index (κ2) is 31.8. The molecule has 0 aliphatic carbocycles. The number of amides is 9. The van der Waals surface area contributed by atoms with Crippen LogP contribution in [0.25, 0.3) is 0 Å². The maximum Gasteiger partial charge on any atom is 0.328 e. The van der Waals surface area contributed by atoms with Crippen molar-refractivity contribution in [2.45, 2.75) is 98.9 Å². The van der Waals surface area contributed by atoms with Crippen molar-refractivity contribution in [2.75, 3.05) is 26.4 Å². The first-order chi connectivity index (χ1) is 40.9. The van der Waals surface area contributed by atoms with E-state index in [1.165, 1.54) is 75.1 Å². The SMILES string of the molecule is N[C@@H](CO)C(=O)N[C@@H](CO)C(=O)N[C@@H](Cc1cnc[nH]1)C(=O)N[C@@H](Cc1cnc[nH]1)C(=O)N[C@@H](Cc1cnc[nH]1)C(=O)N[C@@H](Cc1cnc[nH]1)C(=O)N[C@@H](Cc1cnc[nH]1)C(=O)N[C@@H](Cc1cnc[nH]1)C(=O)N[C@@H](CO)C(=O)N[C@@H](CO)C(=O)O. The van der Waals surface area contributed by atoms with Crippen LogP contribution < -0.4 is 53.6 Å². The van der Waals surface area contributed by atoms with E-state index in [2.05, 4.69) is 102 Å². The van der Waals surface area contributed by atoms with Crippen molar-refractivity contribution >= 4 is 59.1 Å². The Morgan fingerprint density at radius 2 is 0.506 bits per heavy atom. The molecule has 456 valence electrons. The van der Waals surface area contributed by atoms with Gasteiger partial charge in [-0.2, -0.15) is 0 Å². The number of hydrogen-bond acceptors (Lipinski definition) is 21. The number of H-pyrrole nitrogens is 6. The average Bonchev–Trinajstić information content (AvgIpc) is 4.54. The van der Waals surface area contributed by atoms with Crippen LogP contribution in [0.5, 0.6) is 0 Å². The first-order valence-electron chi connectivity index (χ1n) is 25.9. The Bertz CT molecular complexity index is 3090. The summed E-state index contributed by atoms with van der Waals surface area (Å²) >= 11 is 0.